The summed E-state index contributed by atoms with van der Waals surface area (Å²) in [4.78, 5) is 24.5. The van der Waals surface area contributed by atoms with Gasteiger partial charge in [0, 0.05) is 25.2 Å². The van der Waals surface area contributed by atoms with Gasteiger partial charge >= 0.3 is 0 Å². The Hall–Kier alpha value is -3.20. The van der Waals surface area contributed by atoms with E-state index in [1.807, 2.05) is 0 Å². The maximum Gasteiger partial charge on any atom is 0.270 e. The zero-order valence-corrected chi connectivity index (χ0v) is 15.8. The second-order valence-corrected chi connectivity index (χ2v) is 8.13. The van der Waals surface area contributed by atoms with Crippen LogP contribution < -0.4 is 4.72 Å². The molecule has 0 unspecified atom stereocenters. The fourth-order valence-electron chi connectivity index (χ4n) is 2.92. The monoisotopic (exact) mass is 401 g/mol. The summed E-state index contributed by atoms with van der Waals surface area (Å²) in [7, 11) is -4.10. The van der Waals surface area contributed by atoms with Gasteiger partial charge in [0.1, 0.15) is 0 Å². The Morgan fingerprint density at radius 1 is 1.11 bits per heavy atom. The van der Waals surface area contributed by atoms with Crippen LogP contribution in [0.5, 0.6) is 0 Å². The molecule has 8 nitrogen and oxygen atoms in total. The van der Waals surface area contributed by atoms with Crippen molar-refractivity contribution >= 4 is 27.3 Å². The van der Waals surface area contributed by atoms with Gasteiger partial charge in [0.2, 0.25) is 0 Å². The van der Waals surface area contributed by atoms with E-state index in [9.17, 15) is 23.3 Å². The molecule has 1 aliphatic rings. The summed E-state index contributed by atoms with van der Waals surface area (Å²) >= 11 is 0. The van der Waals surface area contributed by atoms with Crippen molar-refractivity contribution in [3.8, 4) is 0 Å². The number of nitro benzene ring substituents is 1. The van der Waals surface area contributed by atoms with Crippen LogP contribution in [0.1, 0.15) is 23.2 Å². The van der Waals surface area contributed by atoms with Crippen LogP contribution in [0.3, 0.4) is 0 Å². The zero-order chi connectivity index (χ0) is 20.3. The predicted molar refractivity (Wildman–Crippen MR) is 105 cm³/mol. The fourth-order valence-corrected chi connectivity index (χ4v) is 4.04. The standard InChI is InChI=1S/C19H19N3O5S/c1-14-9-11-21(12-10-14)19(23)17-7-2-3-8-18(17)20-28(26,27)16-6-4-5-15(13-16)22(24)25/h2-8,13,20H,1,9-12H2. The van der Waals surface area contributed by atoms with Crippen molar-refractivity contribution in [2.45, 2.75) is 17.7 Å². The molecular weight excluding hydrogens is 382 g/mol. The number of anilines is 1. The van der Waals surface area contributed by atoms with Crippen LogP contribution in [0.15, 0.2) is 65.6 Å². The Balaban J connectivity index is 1.89. The molecule has 146 valence electrons. The average molecular weight is 401 g/mol. The first kappa shape index (κ1) is 19.6. The lowest BCUT2D eigenvalue weighted by molar-refractivity contribution is -0.385. The summed E-state index contributed by atoms with van der Waals surface area (Å²) in [5, 5.41) is 10.9. The molecule has 0 radical (unpaired) electrons. The third-order valence-electron chi connectivity index (χ3n) is 4.50. The number of hydrogen-bond donors (Lipinski definition) is 1. The van der Waals surface area contributed by atoms with E-state index in [1.165, 1.54) is 24.3 Å². The summed E-state index contributed by atoms with van der Waals surface area (Å²) < 4.78 is 27.8. The molecule has 1 aliphatic heterocycles. The maximum atomic E-state index is 12.9. The molecule has 28 heavy (non-hydrogen) atoms. The summed E-state index contributed by atoms with van der Waals surface area (Å²) in [5.41, 5.74) is 1.11. The Kier molecular flexibility index (Phi) is 5.46. The summed E-state index contributed by atoms with van der Waals surface area (Å²) in [5.74, 6) is -0.273. The average Bonchev–Trinajstić information content (AvgIpc) is 2.68. The van der Waals surface area contributed by atoms with Crippen molar-refractivity contribution in [1.29, 1.82) is 0 Å². The smallest absolute Gasteiger partial charge is 0.270 e. The molecule has 1 amide bonds. The van der Waals surface area contributed by atoms with E-state index in [0.717, 1.165) is 11.6 Å². The SMILES string of the molecule is C=C1CCN(C(=O)c2ccccc2NS(=O)(=O)c2cccc([N+](=O)[O-])c2)CC1. The Morgan fingerprint density at radius 3 is 2.46 bits per heavy atom. The van der Waals surface area contributed by atoms with E-state index in [0.29, 0.717) is 25.9 Å². The molecule has 1 saturated heterocycles. The van der Waals surface area contributed by atoms with Crippen LogP contribution in [0.25, 0.3) is 0 Å². The Labute approximate surface area is 162 Å². The molecule has 0 aromatic heterocycles. The van der Waals surface area contributed by atoms with E-state index in [2.05, 4.69) is 11.3 Å². The highest BCUT2D eigenvalue weighted by atomic mass is 32.2. The van der Waals surface area contributed by atoms with E-state index in [-0.39, 0.29) is 27.7 Å². The number of benzene rings is 2. The number of carbonyl (C=O) groups is 1. The minimum atomic E-state index is -4.10. The van der Waals surface area contributed by atoms with Crippen molar-refractivity contribution in [3.05, 3.63) is 76.4 Å². The molecule has 1 heterocycles. The molecule has 2 aromatic carbocycles. The second-order valence-electron chi connectivity index (χ2n) is 6.45. The lowest BCUT2D eigenvalue weighted by Crippen LogP contribution is -2.36. The number of nitrogens with zero attached hydrogens (tertiary/aromatic N) is 2. The number of piperidine rings is 1. The molecular formula is C19H19N3O5S. The molecule has 0 saturated carbocycles. The summed E-state index contributed by atoms with van der Waals surface area (Å²) in [6.45, 7) is 4.98. The highest BCUT2D eigenvalue weighted by Gasteiger charge is 2.24. The molecule has 0 aliphatic carbocycles. The lowest BCUT2D eigenvalue weighted by atomic mass is 10.0. The topological polar surface area (TPSA) is 110 Å². The van der Waals surface area contributed by atoms with Gasteiger partial charge in [-0.05, 0) is 31.0 Å². The van der Waals surface area contributed by atoms with Gasteiger partial charge in [0.15, 0.2) is 0 Å². The molecule has 0 spiro atoms. The molecule has 2 aromatic rings. The van der Waals surface area contributed by atoms with Crippen molar-refractivity contribution in [2.75, 3.05) is 17.8 Å². The third kappa shape index (κ3) is 4.20. The van der Waals surface area contributed by atoms with Crippen molar-refractivity contribution in [1.82, 2.24) is 4.90 Å². The molecule has 1 fully saturated rings. The molecule has 1 N–H and O–H groups in total. The first-order valence-corrected chi connectivity index (χ1v) is 10.1. The molecule has 0 atom stereocenters. The van der Waals surface area contributed by atoms with Gasteiger partial charge in [-0.15, -0.1) is 0 Å². The third-order valence-corrected chi connectivity index (χ3v) is 5.86. The van der Waals surface area contributed by atoms with E-state index >= 15 is 0 Å². The Morgan fingerprint density at radius 2 is 1.79 bits per heavy atom. The number of rotatable bonds is 5. The van der Waals surface area contributed by atoms with Gasteiger partial charge < -0.3 is 4.90 Å². The maximum absolute atomic E-state index is 12.9. The number of nitrogens with one attached hydrogen (secondary N) is 1. The first-order valence-electron chi connectivity index (χ1n) is 8.60. The predicted octanol–water partition coefficient (Wildman–Crippen LogP) is 3.19. The van der Waals surface area contributed by atoms with Gasteiger partial charge in [-0.25, -0.2) is 8.42 Å². The van der Waals surface area contributed by atoms with Crippen molar-refractivity contribution in [3.63, 3.8) is 0 Å². The fraction of sp³-hybridized carbons (Fsp3) is 0.211. The van der Waals surface area contributed by atoms with E-state index < -0.39 is 14.9 Å². The number of sulfonamides is 1. The van der Waals surface area contributed by atoms with Gasteiger partial charge in [-0.3, -0.25) is 19.6 Å². The molecule has 0 bridgehead atoms. The number of amides is 1. The van der Waals surface area contributed by atoms with E-state index in [1.54, 1.807) is 23.1 Å². The van der Waals surface area contributed by atoms with Gasteiger partial charge in [-0.2, -0.15) is 0 Å². The minimum absolute atomic E-state index is 0.128. The second kappa shape index (κ2) is 7.81. The zero-order valence-electron chi connectivity index (χ0n) is 15.0. The van der Waals surface area contributed by atoms with Gasteiger partial charge in [0.25, 0.3) is 21.6 Å². The van der Waals surface area contributed by atoms with Crippen LogP contribution in [0.2, 0.25) is 0 Å². The van der Waals surface area contributed by atoms with Crippen LogP contribution in [-0.4, -0.2) is 37.2 Å². The van der Waals surface area contributed by atoms with Gasteiger partial charge in [0.05, 0.1) is 21.1 Å². The van der Waals surface area contributed by atoms with Crippen LogP contribution >= 0.6 is 0 Å². The number of carbonyl (C=O) groups excluding carboxylic acids is 1. The first-order chi connectivity index (χ1) is 13.3. The van der Waals surface area contributed by atoms with E-state index in [4.69, 9.17) is 0 Å². The van der Waals surface area contributed by atoms with Crippen LogP contribution in [0, 0.1) is 10.1 Å². The highest BCUT2D eigenvalue weighted by molar-refractivity contribution is 7.92. The number of likely N-dealkylation sites (tertiary alicyclic amines) is 1. The highest BCUT2D eigenvalue weighted by Crippen LogP contribution is 2.25. The summed E-state index contributed by atoms with van der Waals surface area (Å²) in [6, 6.07) is 11.0. The lowest BCUT2D eigenvalue weighted by Gasteiger charge is -2.28. The van der Waals surface area contributed by atoms with Crippen molar-refractivity contribution < 1.29 is 18.1 Å². The van der Waals surface area contributed by atoms with Crippen LogP contribution in [0.4, 0.5) is 11.4 Å². The quantitative estimate of drug-likeness (QED) is 0.470. The minimum Gasteiger partial charge on any atom is -0.338 e. The van der Waals surface area contributed by atoms with Crippen molar-refractivity contribution in [2.24, 2.45) is 0 Å². The summed E-state index contributed by atoms with van der Waals surface area (Å²) in [6.07, 6.45) is 1.43. The molecule has 9 heteroatoms. The van der Waals surface area contributed by atoms with Gasteiger partial charge in [-0.1, -0.05) is 30.4 Å². The molecule has 3 rings (SSSR count). The largest absolute Gasteiger partial charge is 0.338 e. The normalized spacial score (nSPS) is 14.6. The van der Waals surface area contributed by atoms with Crippen LogP contribution in [-0.2, 0) is 10.0 Å². The number of nitro groups is 1. The number of non-ortho nitro benzene ring substituents is 1. The number of para-hydroxylation sites is 1. The number of hydrogen-bond acceptors (Lipinski definition) is 5. The Bertz CT molecular complexity index is 1040.